The fourth-order valence-electron chi connectivity index (χ4n) is 2.33. The highest BCUT2D eigenvalue weighted by atomic mass is 16.5. The van der Waals surface area contributed by atoms with Crippen molar-refractivity contribution >= 4 is 11.9 Å². The molecule has 1 saturated carbocycles. The average molecular weight is 227 g/mol. The van der Waals surface area contributed by atoms with Crippen molar-refractivity contribution in [1.29, 1.82) is 0 Å². The van der Waals surface area contributed by atoms with Gasteiger partial charge in [-0.25, -0.2) is 4.79 Å². The molecule has 2 unspecified atom stereocenters. The molecule has 1 N–H and O–H groups in total. The zero-order valence-electron chi connectivity index (χ0n) is 10.1. The number of alkyl carbamates (subject to hydrolysis) is 1. The van der Waals surface area contributed by atoms with Gasteiger partial charge in [0, 0.05) is 18.4 Å². The Kier molecular flexibility index (Phi) is 5.29. The van der Waals surface area contributed by atoms with Crippen LogP contribution in [0, 0.1) is 5.92 Å². The average Bonchev–Trinajstić information content (AvgIpc) is 2.29. The number of amides is 1. The van der Waals surface area contributed by atoms with E-state index in [1.807, 2.05) is 0 Å². The van der Waals surface area contributed by atoms with Gasteiger partial charge in [-0.2, -0.15) is 0 Å². The molecule has 1 rings (SSSR count). The number of Topliss-reactive ketones (excluding diaryl/α,β-unsaturated/α-hetero) is 1. The summed E-state index contributed by atoms with van der Waals surface area (Å²) >= 11 is 0. The highest BCUT2D eigenvalue weighted by Gasteiger charge is 2.30. The van der Waals surface area contributed by atoms with E-state index in [2.05, 4.69) is 17.0 Å². The van der Waals surface area contributed by atoms with Gasteiger partial charge in [-0.1, -0.05) is 19.8 Å². The van der Waals surface area contributed by atoms with Crippen LogP contribution in [-0.4, -0.2) is 25.0 Å². The maximum Gasteiger partial charge on any atom is 0.407 e. The summed E-state index contributed by atoms with van der Waals surface area (Å²) in [7, 11) is 1.35. The molecule has 16 heavy (non-hydrogen) atoms. The predicted octanol–water partition coefficient (Wildman–Crippen LogP) is 2.27. The Balaban J connectivity index is 2.59. The lowest BCUT2D eigenvalue weighted by atomic mass is 9.81. The molecule has 0 aromatic heterocycles. The minimum Gasteiger partial charge on any atom is -0.453 e. The highest BCUT2D eigenvalue weighted by molar-refractivity contribution is 5.83. The van der Waals surface area contributed by atoms with E-state index in [9.17, 15) is 9.59 Å². The van der Waals surface area contributed by atoms with Gasteiger partial charge in [-0.05, 0) is 19.3 Å². The van der Waals surface area contributed by atoms with Gasteiger partial charge in [0.05, 0.1) is 7.11 Å². The Bertz CT molecular complexity index is 253. The molecule has 4 heteroatoms. The van der Waals surface area contributed by atoms with Crippen molar-refractivity contribution in [3.63, 3.8) is 0 Å². The number of nitrogens with one attached hydrogen (secondary N) is 1. The molecule has 0 bridgehead atoms. The third kappa shape index (κ3) is 3.51. The Morgan fingerprint density at radius 1 is 1.56 bits per heavy atom. The molecule has 0 aromatic carbocycles. The molecule has 0 saturated heterocycles. The first-order valence-electron chi connectivity index (χ1n) is 6.06. The molecule has 2 atom stereocenters. The van der Waals surface area contributed by atoms with Crippen molar-refractivity contribution in [2.24, 2.45) is 5.92 Å². The third-order valence-corrected chi connectivity index (χ3v) is 3.18. The summed E-state index contributed by atoms with van der Waals surface area (Å²) in [6.45, 7) is 2.05. The van der Waals surface area contributed by atoms with E-state index in [1.165, 1.54) is 7.11 Å². The molecular formula is C12H21NO3. The number of ether oxygens (including phenoxy) is 1. The summed E-state index contributed by atoms with van der Waals surface area (Å²) in [5, 5.41) is 2.79. The van der Waals surface area contributed by atoms with Crippen LogP contribution in [0.25, 0.3) is 0 Å². The number of hydrogen-bond donors (Lipinski definition) is 1. The van der Waals surface area contributed by atoms with Crippen LogP contribution >= 0.6 is 0 Å². The summed E-state index contributed by atoms with van der Waals surface area (Å²) in [5.41, 5.74) is 0. The fraction of sp³-hybridized carbons (Fsp3) is 0.833. The predicted molar refractivity (Wildman–Crippen MR) is 61.2 cm³/mol. The molecule has 0 radical (unpaired) electrons. The number of hydrogen-bond acceptors (Lipinski definition) is 3. The van der Waals surface area contributed by atoms with E-state index in [0.717, 1.165) is 32.1 Å². The fourth-order valence-corrected chi connectivity index (χ4v) is 2.33. The van der Waals surface area contributed by atoms with Gasteiger partial charge in [0.2, 0.25) is 0 Å². The van der Waals surface area contributed by atoms with Crippen molar-refractivity contribution in [3.05, 3.63) is 0 Å². The molecule has 0 aliphatic heterocycles. The Morgan fingerprint density at radius 2 is 2.31 bits per heavy atom. The van der Waals surface area contributed by atoms with Crippen molar-refractivity contribution in [1.82, 2.24) is 5.32 Å². The first-order chi connectivity index (χ1) is 7.69. The van der Waals surface area contributed by atoms with Gasteiger partial charge >= 0.3 is 6.09 Å². The first-order valence-corrected chi connectivity index (χ1v) is 6.06. The van der Waals surface area contributed by atoms with E-state index in [1.54, 1.807) is 0 Å². The number of carbonyl (C=O) groups is 2. The van der Waals surface area contributed by atoms with E-state index >= 15 is 0 Å². The van der Waals surface area contributed by atoms with Crippen LogP contribution < -0.4 is 5.32 Å². The zero-order valence-corrected chi connectivity index (χ0v) is 10.1. The van der Waals surface area contributed by atoms with Crippen LogP contribution in [0.2, 0.25) is 0 Å². The smallest absolute Gasteiger partial charge is 0.407 e. The second kappa shape index (κ2) is 6.51. The van der Waals surface area contributed by atoms with Crippen molar-refractivity contribution in [2.45, 2.75) is 51.5 Å². The molecule has 4 nitrogen and oxygen atoms in total. The van der Waals surface area contributed by atoms with E-state index < -0.39 is 6.09 Å². The van der Waals surface area contributed by atoms with Gasteiger partial charge in [0.25, 0.3) is 0 Å². The highest BCUT2D eigenvalue weighted by Crippen LogP contribution is 2.25. The SMILES string of the molecule is CCCC(NC(=O)OC)C1CCCCC1=O. The van der Waals surface area contributed by atoms with Crippen LogP contribution in [0.4, 0.5) is 4.79 Å². The second-order valence-corrected chi connectivity index (χ2v) is 4.35. The van der Waals surface area contributed by atoms with Gasteiger partial charge in [-0.15, -0.1) is 0 Å². The minimum absolute atomic E-state index is 0.00667. The lowest BCUT2D eigenvalue weighted by Gasteiger charge is -2.29. The Hall–Kier alpha value is -1.06. The van der Waals surface area contributed by atoms with Gasteiger partial charge in [0.1, 0.15) is 5.78 Å². The number of rotatable bonds is 4. The summed E-state index contributed by atoms with van der Waals surface area (Å²) in [5.74, 6) is 0.286. The van der Waals surface area contributed by atoms with Crippen LogP contribution in [-0.2, 0) is 9.53 Å². The maximum absolute atomic E-state index is 11.8. The quantitative estimate of drug-likeness (QED) is 0.801. The Morgan fingerprint density at radius 3 is 2.88 bits per heavy atom. The lowest BCUT2D eigenvalue weighted by molar-refractivity contribution is -0.125. The van der Waals surface area contributed by atoms with Crippen LogP contribution in [0.3, 0.4) is 0 Å². The van der Waals surface area contributed by atoms with Gasteiger partial charge in [-0.3, -0.25) is 4.79 Å². The first kappa shape index (κ1) is 13.0. The molecule has 1 aliphatic carbocycles. The minimum atomic E-state index is -0.433. The third-order valence-electron chi connectivity index (χ3n) is 3.18. The van der Waals surface area contributed by atoms with Gasteiger partial charge in [0.15, 0.2) is 0 Å². The van der Waals surface area contributed by atoms with Crippen LogP contribution in [0.15, 0.2) is 0 Å². The normalized spacial score (nSPS) is 22.6. The molecular weight excluding hydrogens is 206 g/mol. The largest absolute Gasteiger partial charge is 0.453 e. The molecule has 1 aliphatic rings. The van der Waals surface area contributed by atoms with Crippen molar-refractivity contribution in [2.75, 3.05) is 7.11 Å². The van der Waals surface area contributed by atoms with E-state index in [0.29, 0.717) is 12.2 Å². The number of carbonyl (C=O) groups excluding carboxylic acids is 2. The summed E-state index contributed by atoms with van der Waals surface area (Å²) in [4.78, 5) is 23.0. The topological polar surface area (TPSA) is 55.4 Å². The molecule has 92 valence electrons. The Labute approximate surface area is 96.7 Å². The number of methoxy groups -OCH3 is 1. The molecule has 1 amide bonds. The molecule has 1 fully saturated rings. The van der Waals surface area contributed by atoms with Crippen LogP contribution in [0.5, 0.6) is 0 Å². The van der Waals surface area contributed by atoms with Crippen LogP contribution in [0.1, 0.15) is 45.4 Å². The molecule has 0 aromatic rings. The standard InChI is InChI=1S/C12H21NO3/c1-3-6-10(13-12(15)16-2)9-7-4-5-8-11(9)14/h9-10H,3-8H2,1-2H3,(H,13,15). The summed E-state index contributed by atoms with van der Waals surface area (Å²) in [6.07, 6.45) is 4.99. The van der Waals surface area contributed by atoms with E-state index in [-0.39, 0.29) is 12.0 Å². The summed E-state index contributed by atoms with van der Waals surface area (Å²) < 4.78 is 4.59. The van der Waals surface area contributed by atoms with Gasteiger partial charge < -0.3 is 10.1 Å². The number of ketones is 1. The monoisotopic (exact) mass is 227 g/mol. The lowest BCUT2D eigenvalue weighted by Crippen LogP contribution is -2.44. The summed E-state index contributed by atoms with van der Waals surface area (Å²) in [6, 6.07) is -0.0507. The molecule has 0 heterocycles. The van der Waals surface area contributed by atoms with Crippen molar-refractivity contribution < 1.29 is 14.3 Å². The molecule has 0 spiro atoms. The van der Waals surface area contributed by atoms with Crippen molar-refractivity contribution in [3.8, 4) is 0 Å². The maximum atomic E-state index is 11.8. The van der Waals surface area contributed by atoms with E-state index in [4.69, 9.17) is 0 Å². The second-order valence-electron chi connectivity index (χ2n) is 4.35. The zero-order chi connectivity index (χ0) is 12.0.